The van der Waals surface area contributed by atoms with Crippen LogP contribution in [0.3, 0.4) is 0 Å². The van der Waals surface area contributed by atoms with E-state index in [2.05, 4.69) is 12.2 Å². The number of thioether (sulfide) groups is 1. The van der Waals surface area contributed by atoms with Crippen molar-refractivity contribution < 1.29 is 23.8 Å². The van der Waals surface area contributed by atoms with Crippen LogP contribution >= 0.6 is 11.8 Å². The van der Waals surface area contributed by atoms with Crippen molar-refractivity contribution in [1.82, 2.24) is 5.32 Å². The molecular formula is C16H31NO5S. The Bertz CT molecular complexity index is 315. The Morgan fingerprint density at radius 1 is 1.04 bits per heavy atom. The monoisotopic (exact) mass is 349 g/mol. The van der Waals surface area contributed by atoms with Gasteiger partial charge in [0.1, 0.15) is 12.6 Å². The Hall–Kier alpha value is -0.950. The Morgan fingerprint density at radius 2 is 1.78 bits per heavy atom. The molecule has 0 aliphatic carbocycles. The van der Waals surface area contributed by atoms with Crippen molar-refractivity contribution in [2.24, 2.45) is 0 Å². The summed E-state index contributed by atoms with van der Waals surface area (Å²) in [7, 11) is 1.53. The normalized spacial score (nSPS) is 11.8. The van der Waals surface area contributed by atoms with Crippen LogP contribution in [-0.2, 0) is 19.0 Å². The first-order chi connectivity index (χ1) is 11.2. The van der Waals surface area contributed by atoms with Gasteiger partial charge in [-0.2, -0.15) is 11.8 Å². The van der Waals surface area contributed by atoms with Crippen LogP contribution in [0, 0.1) is 0 Å². The molecule has 6 nitrogen and oxygen atoms in total. The third-order valence-electron chi connectivity index (χ3n) is 3.20. The molecule has 0 rings (SSSR count). The highest BCUT2D eigenvalue weighted by Gasteiger charge is 2.22. The highest BCUT2D eigenvalue weighted by atomic mass is 32.2. The number of nitrogens with one attached hydrogen (secondary N) is 1. The summed E-state index contributed by atoms with van der Waals surface area (Å²) < 4.78 is 15.0. The summed E-state index contributed by atoms with van der Waals surface area (Å²) >= 11 is 1.61. The number of methoxy groups -OCH3 is 1. The van der Waals surface area contributed by atoms with E-state index in [0.29, 0.717) is 19.6 Å². The maximum Gasteiger partial charge on any atom is 0.407 e. The molecule has 1 atom stereocenters. The highest BCUT2D eigenvalue weighted by molar-refractivity contribution is 7.98. The lowest BCUT2D eigenvalue weighted by Gasteiger charge is -2.17. The van der Waals surface area contributed by atoms with Crippen LogP contribution in [0.2, 0.25) is 0 Å². The van der Waals surface area contributed by atoms with Crippen LogP contribution < -0.4 is 5.32 Å². The van der Waals surface area contributed by atoms with E-state index in [0.717, 1.165) is 25.0 Å². The van der Waals surface area contributed by atoms with Gasteiger partial charge in [0.15, 0.2) is 0 Å². The molecule has 0 aliphatic heterocycles. The topological polar surface area (TPSA) is 73.9 Å². The van der Waals surface area contributed by atoms with E-state index in [1.54, 1.807) is 11.8 Å². The molecule has 1 amide bonds. The Morgan fingerprint density at radius 3 is 2.43 bits per heavy atom. The molecule has 0 aromatic rings. The number of ether oxygens (including phenoxy) is 3. The molecular weight excluding hydrogens is 318 g/mol. The van der Waals surface area contributed by atoms with E-state index in [1.165, 1.54) is 20.0 Å². The van der Waals surface area contributed by atoms with Gasteiger partial charge in [-0.15, -0.1) is 0 Å². The first kappa shape index (κ1) is 22.1. The second-order valence-electron chi connectivity index (χ2n) is 5.19. The Balaban J connectivity index is 4.08. The number of amides is 1. The van der Waals surface area contributed by atoms with Crippen molar-refractivity contribution in [3.63, 3.8) is 0 Å². The summed E-state index contributed by atoms with van der Waals surface area (Å²) in [5.41, 5.74) is 0. The van der Waals surface area contributed by atoms with Gasteiger partial charge in [-0.05, 0) is 24.9 Å². The van der Waals surface area contributed by atoms with Crippen LogP contribution in [0.1, 0.15) is 45.4 Å². The van der Waals surface area contributed by atoms with Crippen molar-refractivity contribution in [2.75, 3.05) is 38.9 Å². The fraction of sp³-hybridized carbons (Fsp3) is 0.875. The van der Waals surface area contributed by atoms with Gasteiger partial charge in [-0.25, -0.2) is 9.59 Å². The average molecular weight is 349 g/mol. The van der Waals surface area contributed by atoms with E-state index in [1.807, 2.05) is 6.26 Å². The molecule has 0 fully saturated rings. The average Bonchev–Trinajstić information content (AvgIpc) is 2.54. The molecule has 0 spiro atoms. The summed E-state index contributed by atoms with van der Waals surface area (Å²) in [4.78, 5) is 23.7. The smallest absolute Gasteiger partial charge is 0.407 e. The molecule has 23 heavy (non-hydrogen) atoms. The summed E-state index contributed by atoms with van der Waals surface area (Å²) in [6, 6.07) is -0.659. The molecule has 0 aromatic heterocycles. The Labute approximate surface area is 144 Å². The van der Waals surface area contributed by atoms with Gasteiger partial charge in [-0.3, -0.25) is 0 Å². The molecule has 0 aromatic carbocycles. The minimum atomic E-state index is -0.659. The van der Waals surface area contributed by atoms with E-state index in [4.69, 9.17) is 14.2 Å². The SMILES string of the molecule is CCCCCCCOC(=O)C(CCSC)NC(=O)OCCOC. The standard InChI is InChI=1S/C16H31NO5S/c1-4-5-6-7-8-10-21-15(18)14(9-13-23-3)17-16(19)22-12-11-20-2/h14H,4-13H2,1-3H3,(H,17,19). The summed E-state index contributed by atoms with van der Waals surface area (Å²) in [6.07, 6.45) is 7.33. The second-order valence-corrected chi connectivity index (χ2v) is 6.17. The lowest BCUT2D eigenvalue weighted by molar-refractivity contribution is -0.146. The molecule has 7 heteroatoms. The fourth-order valence-electron chi connectivity index (χ4n) is 1.87. The summed E-state index contributed by atoms with van der Waals surface area (Å²) in [6.45, 7) is 3.04. The zero-order valence-electron chi connectivity index (χ0n) is 14.6. The van der Waals surface area contributed by atoms with Crippen molar-refractivity contribution in [3.8, 4) is 0 Å². The molecule has 0 bridgehead atoms. The van der Waals surface area contributed by atoms with Gasteiger partial charge in [0.05, 0.1) is 13.2 Å². The number of carbonyl (C=O) groups excluding carboxylic acids is 2. The van der Waals surface area contributed by atoms with Gasteiger partial charge in [-0.1, -0.05) is 32.6 Å². The predicted molar refractivity (Wildman–Crippen MR) is 92.9 cm³/mol. The maximum absolute atomic E-state index is 12.1. The predicted octanol–water partition coefficient (Wildman–Crippen LogP) is 2.99. The van der Waals surface area contributed by atoms with Gasteiger partial charge in [0, 0.05) is 7.11 Å². The lowest BCUT2D eigenvalue weighted by atomic mass is 10.2. The molecule has 136 valence electrons. The van der Waals surface area contributed by atoms with Gasteiger partial charge >= 0.3 is 12.1 Å². The van der Waals surface area contributed by atoms with Crippen molar-refractivity contribution in [2.45, 2.75) is 51.5 Å². The number of rotatable bonds is 14. The Kier molecular flexibility index (Phi) is 15.3. The van der Waals surface area contributed by atoms with Gasteiger partial charge in [0.25, 0.3) is 0 Å². The van der Waals surface area contributed by atoms with E-state index >= 15 is 0 Å². The van der Waals surface area contributed by atoms with Crippen molar-refractivity contribution in [1.29, 1.82) is 0 Å². The minimum absolute atomic E-state index is 0.157. The number of esters is 1. The lowest BCUT2D eigenvalue weighted by Crippen LogP contribution is -2.42. The molecule has 0 heterocycles. The highest BCUT2D eigenvalue weighted by Crippen LogP contribution is 2.06. The number of hydrogen-bond donors (Lipinski definition) is 1. The van der Waals surface area contributed by atoms with E-state index in [-0.39, 0.29) is 6.61 Å². The molecule has 1 N–H and O–H groups in total. The van der Waals surface area contributed by atoms with Crippen LogP contribution in [0.15, 0.2) is 0 Å². The molecule has 1 unspecified atom stereocenters. The number of unbranched alkanes of at least 4 members (excludes halogenated alkanes) is 4. The van der Waals surface area contributed by atoms with E-state index in [9.17, 15) is 9.59 Å². The number of carbonyl (C=O) groups is 2. The summed E-state index contributed by atoms with van der Waals surface area (Å²) in [5, 5.41) is 2.57. The molecule has 0 saturated carbocycles. The zero-order chi connectivity index (χ0) is 17.3. The third-order valence-corrected chi connectivity index (χ3v) is 3.84. The third kappa shape index (κ3) is 13.2. The first-order valence-corrected chi connectivity index (χ1v) is 9.62. The van der Waals surface area contributed by atoms with Crippen LogP contribution in [0.25, 0.3) is 0 Å². The maximum atomic E-state index is 12.1. The van der Waals surface area contributed by atoms with Crippen molar-refractivity contribution in [3.05, 3.63) is 0 Å². The fourth-order valence-corrected chi connectivity index (χ4v) is 2.34. The number of hydrogen-bond acceptors (Lipinski definition) is 6. The van der Waals surface area contributed by atoms with Gasteiger partial charge < -0.3 is 19.5 Å². The van der Waals surface area contributed by atoms with Crippen LogP contribution in [-0.4, -0.2) is 57.0 Å². The quantitative estimate of drug-likeness (QED) is 0.384. The van der Waals surface area contributed by atoms with E-state index < -0.39 is 18.1 Å². The van der Waals surface area contributed by atoms with Crippen LogP contribution in [0.4, 0.5) is 4.79 Å². The molecule has 0 aliphatic rings. The second kappa shape index (κ2) is 15.9. The van der Waals surface area contributed by atoms with Gasteiger partial charge in [0.2, 0.25) is 0 Å². The largest absolute Gasteiger partial charge is 0.464 e. The molecule has 0 saturated heterocycles. The summed E-state index contributed by atoms with van der Waals surface area (Å²) in [5.74, 6) is 0.368. The minimum Gasteiger partial charge on any atom is -0.464 e. The van der Waals surface area contributed by atoms with Crippen molar-refractivity contribution >= 4 is 23.8 Å². The number of alkyl carbamates (subject to hydrolysis) is 1. The van der Waals surface area contributed by atoms with Crippen LogP contribution in [0.5, 0.6) is 0 Å². The molecule has 0 radical (unpaired) electrons. The first-order valence-electron chi connectivity index (χ1n) is 8.23. The zero-order valence-corrected chi connectivity index (χ0v) is 15.4.